The zero-order valence-electron chi connectivity index (χ0n) is 9.64. The number of benzene rings is 1. The van der Waals surface area contributed by atoms with E-state index in [1.165, 1.54) is 0 Å². The van der Waals surface area contributed by atoms with E-state index in [1.54, 1.807) is 30.3 Å². The van der Waals surface area contributed by atoms with Crippen LogP contribution in [0.15, 0.2) is 30.3 Å². The summed E-state index contributed by atoms with van der Waals surface area (Å²) >= 11 is 5.26. The van der Waals surface area contributed by atoms with Crippen molar-refractivity contribution < 1.29 is 19.4 Å². The van der Waals surface area contributed by atoms with Gasteiger partial charge in [0.1, 0.15) is 18.6 Å². The van der Waals surface area contributed by atoms with Crippen LogP contribution in [0.1, 0.15) is 10.4 Å². The van der Waals surface area contributed by atoms with Crippen molar-refractivity contribution in [3.8, 4) is 0 Å². The minimum atomic E-state index is -0.954. The Kier molecular flexibility index (Phi) is 6.18. The third-order valence-electron chi connectivity index (χ3n) is 2.07. The van der Waals surface area contributed by atoms with E-state index >= 15 is 0 Å². The zero-order chi connectivity index (χ0) is 13.4. The number of carbonyl (C=O) groups is 2. The molecule has 5 nitrogen and oxygen atoms in total. The molecule has 0 bridgehead atoms. The van der Waals surface area contributed by atoms with Crippen LogP contribution < -0.4 is 5.32 Å². The van der Waals surface area contributed by atoms with E-state index in [9.17, 15) is 14.7 Å². The van der Waals surface area contributed by atoms with E-state index in [1.807, 2.05) is 0 Å². The molecule has 98 valence electrons. The molecule has 1 atom stereocenters. The number of esters is 1. The van der Waals surface area contributed by atoms with Crippen LogP contribution in [0.25, 0.3) is 0 Å². The molecule has 0 fully saturated rings. The summed E-state index contributed by atoms with van der Waals surface area (Å²) in [5.74, 6) is -1.07. The number of aliphatic hydroxyl groups is 1. The SMILES string of the molecule is O=C(CCl)NCC(O)COC(=O)c1ccccc1. The summed E-state index contributed by atoms with van der Waals surface area (Å²) in [6.07, 6.45) is -0.954. The van der Waals surface area contributed by atoms with Gasteiger partial charge in [-0.3, -0.25) is 4.79 Å². The van der Waals surface area contributed by atoms with Crippen LogP contribution in [-0.4, -0.2) is 42.1 Å². The predicted octanol–water partition coefficient (Wildman–Crippen LogP) is 0.559. The first-order valence-electron chi connectivity index (χ1n) is 5.36. The molecule has 1 amide bonds. The van der Waals surface area contributed by atoms with Crippen molar-refractivity contribution in [2.75, 3.05) is 19.0 Å². The van der Waals surface area contributed by atoms with Gasteiger partial charge in [-0.1, -0.05) is 18.2 Å². The maximum Gasteiger partial charge on any atom is 0.338 e. The van der Waals surface area contributed by atoms with Gasteiger partial charge in [-0.15, -0.1) is 11.6 Å². The molecule has 1 rings (SSSR count). The number of amides is 1. The van der Waals surface area contributed by atoms with Gasteiger partial charge in [0, 0.05) is 6.54 Å². The highest BCUT2D eigenvalue weighted by Crippen LogP contribution is 2.01. The summed E-state index contributed by atoms with van der Waals surface area (Å²) < 4.78 is 4.88. The number of hydrogen-bond donors (Lipinski definition) is 2. The largest absolute Gasteiger partial charge is 0.459 e. The van der Waals surface area contributed by atoms with Crippen molar-refractivity contribution in [1.82, 2.24) is 5.32 Å². The Morgan fingerprint density at radius 3 is 2.61 bits per heavy atom. The summed E-state index contributed by atoms with van der Waals surface area (Å²) in [4.78, 5) is 22.3. The first kappa shape index (κ1) is 14.5. The van der Waals surface area contributed by atoms with Gasteiger partial charge >= 0.3 is 5.97 Å². The first-order chi connectivity index (χ1) is 8.63. The second-order valence-electron chi connectivity index (χ2n) is 3.56. The van der Waals surface area contributed by atoms with Gasteiger partial charge in [0.05, 0.1) is 5.56 Å². The van der Waals surface area contributed by atoms with Crippen molar-refractivity contribution >= 4 is 23.5 Å². The third-order valence-corrected chi connectivity index (χ3v) is 2.32. The van der Waals surface area contributed by atoms with Crippen LogP contribution >= 0.6 is 11.6 Å². The number of aliphatic hydroxyl groups excluding tert-OH is 1. The fraction of sp³-hybridized carbons (Fsp3) is 0.333. The fourth-order valence-electron chi connectivity index (χ4n) is 1.17. The lowest BCUT2D eigenvalue weighted by Gasteiger charge is -2.11. The van der Waals surface area contributed by atoms with Gasteiger partial charge in [0.2, 0.25) is 5.91 Å². The number of alkyl halides is 1. The molecule has 0 heterocycles. The fourth-order valence-corrected chi connectivity index (χ4v) is 1.26. The average molecular weight is 272 g/mol. The molecule has 2 N–H and O–H groups in total. The molecule has 0 radical (unpaired) electrons. The van der Waals surface area contributed by atoms with Gasteiger partial charge in [0.15, 0.2) is 0 Å². The highest BCUT2D eigenvalue weighted by Gasteiger charge is 2.11. The smallest absolute Gasteiger partial charge is 0.338 e. The summed E-state index contributed by atoms with van der Waals surface area (Å²) in [6.45, 7) is -0.191. The molecular weight excluding hydrogens is 258 g/mol. The van der Waals surface area contributed by atoms with E-state index in [2.05, 4.69) is 5.32 Å². The molecule has 0 saturated heterocycles. The average Bonchev–Trinajstić information content (AvgIpc) is 2.42. The number of rotatable bonds is 6. The molecule has 1 aromatic carbocycles. The van der Waals surface area contributed by atoms with Crippen LogP contribution in [0.3, 0.4) is 0 Å². The van der Waals surface area contributed by atoms with Crippen molar-refractivity contribution in [3.63, 3.8) is 0 Å². The Balaban J connectivity index is 2.28. The lowest BCUT2D eigenvalue weighted by molar-refractivity contribution is -0.119. The highest BCUT2D eigenvalue weighted by molar-refractivity contribution is 6.27. The normalized spacial score (nSPS) is 11.7. The van der Waals surface area contributed by atoms with Crippen molar-refractivity contribution in [2.45, 2.75) is 6.10 Å². The number of carbonyl (C=O) groups excluding carboxylic acids is 2. The van der Waals surface area contributed by atoms with Gasteiger partial charge in [-0.2, -0.15) is 0 Å². The monoisotopic (exact) mass is 271 g/mol. The number of hydrogen-bond acceptors (Lipinski definition) is 4. The molecule has 18 heavy (non-hydrogen) atoms. The first-order valence-corrected chi connectivity index (χ1v) is 5.90. The van der Waals surface area contributed by atoms with Crippen molar-refractivity contribution in [3.05, 3.63) is 35.9 Å². The molecule has 0 aliphatic rings. The molecule has 0 saturated carbocycles. The highest BCUT2D eigenvalue weighted by atomic mass is 35.5. The molecular formula is C12H14ClNO4. The minimum absolute atomic E-state index is 0.00633. The van der Waals surface area contributed by atoms with Gasteiger partial charge < -0.3 is 15.2 Å². The van der Waals surface area contributed by atoms with Crippen molar-refractivity contribution in [1.29, 1.82) is 0 Å². The zero-order valence-corrected chi connectivity index (χ0v) is 10.4. The summed E-state index contributed by atoms with van der Waals surface area (Å²) in [7, 11) is 0. The molecule has 6 heteroatoms. The lowest BCUT2D eigenvalue weighted by atomic mass is 10.2. The van der Waals surface area contributed by atoms with Crippen LogP contribution in [0.4, 0.5) is 0 Å². The van der Waals surface area contributed by atoms with Crippen LogP contribution in [-0.2, 0) is 9.53 Å². The third kappa shape index (κ3) is 5.16. The molecule has 0 aromatic heterocycles. The predicted molar refractivity (Wildman–Crippen MR) is 66.5 cm³/mol. The van der Waals surface area contributed by atoms with E-state index in [-0.39, 0.29) is 24.9 Å². The molecule has 0 aliphatic carbocycles. The lowest BCUT2D eigenvalue weighted by Crippen LogP contribution is -2.35. The van der Waals surface area contributed by atoms with E-state index < -0.39 is 12.1 Å². The van der Waals surface area contributed by atoms with E-state index in [4.69, 9.17) is 16.3 Å². The summed E-state index contributed by atoms with van der Waals surface area (Å²) in [6, 6.07) is 8.45. The molecule has 0 spiro atoms. The Morgan fingerprint density at radius 2 is 2.00 bits per heavy atom. The Morgan fingerprint density at radius 1 is 1.33 bits per heavy atom. The van der Waals surface area contributed by atoms with Crippen LogP contribution in [0.2, 0.25) is 0 Å². The number of nitrogens with one attached hydrogen (secondary N) is 1. The minimum Gasteiger partial charge on any atom is -0.459 e. The standard InChI is InChI=1S/C12H14ClNO4/c13-6-11(16)14-7-10(15)8-18-12(17)9-4-2-1-3-5-9/h1-5,10,15H,6-8H2,(H,14,16). The summed E-state index contributed by atoms with van der Waals surface area (Å²) in [5, 5.41) is 11.8. The quantitative estimate of drug-likeness (QED) is 0.586. The van der Waals surface area contributed by atoms with Gasteiger partial charge in [0.25, 0.3) is 0 Å². The molecule has 0 aliphatic heterocycles. The van der Waals surface area contributed by atoms with Crippen molar-refractivity contribution in [2.24, 2.45) is 0 Å². The topological polar surface area (TPSA) is 75.6 Å². The van der Waals surface area contributed by atoms with E-state index in [0.29, 0.717) is 5.56 Å². The second-order valence-corrected chi connectivity index (χ2v) is 3.82. The van der Waals surface area contributed by atoms with Crippen LogP contribution in [0, 0.1) is 0 Å². The number of ether oxygens (including phenoxy) is 1. The molecule has 1 aromatic rings. The summed E-state index contributed by atoms with van der Waals surface area (Å²) in [5.41, 5.74) is 0.412. The Hall–Kier alpha value is -1.59. The number of halogens is 1. The molecule has 1 unspecified atom stereocenters. The Labute approximate surface area is 110 Å². The maximum atomic E-state index is 11.5. The maximum absolute atomic E-state index is 11.5. The Bertz CT molecular complexity index is 396. The van der Waals surface area contributed by atoms with Crippen LogP contribution in [0.5, 0.6) is 0 Å². The van der Waals surface area contributed by atoms with Gasteiger partial charge in [-0.05, 0) is 12.1 Å². The second kappa shape index (κ2) is 7.68. The van der Waals surface area contributed by atoms with E-state index in [0.717, 1.165) is 0 Å². The van der Waals surface area contributed by atoms with Gasteiger partial charge in [-0.25, -0.2) is 4.79 Å².